The number of halogens is 2. The van der Waals surface area contributed by atoms with Crippen molar-refractivity contribution in [3.63, 3.8) is 0 Å². The van der Waals surface area contributed by atoms with Crippen LogP contribution in [-0.2, 0) is 4.79 Å². The molecule has 0 saturated carbocycles. The first-order chi connectivity index (χ1) is 15.4. The Morgan fingerprint density at radius 1 is 1.12 bits per heavy atom. The maximum atomic E-state index is 14.6. The average molecular weight is 438 g/mol. The highest BCUT2D eigenvalue weighted by molar-refractivity contribution is 6.04. The molecule has 164 valence electrons. The van der Waals surface area contributed by atoms with Crippen LogP contribution in [-0.4, -0.2) is 43.5 Å². The van der Waals surface area contributed by atoms with Crippen LogP contribution < -0.4 is 20.3 Å². The van der Waals surface area contributed by atoms with Crippen LogP contribution in [0.5, 0.6) is 5.75 Å². The molecular formula is C23H20F2N4O3. The van der Waals surface area contributed by atoms with Crippen LogP contribution >= 0.6 is 0 Å². The zero-order chi connectivity index (χ0) is 22.7. The maximum Gasteiger partial charge on any atom is 0.258 e. The number of piperazine rings is 1. The lowest BCUT2D eigenvalue weighted by Crippen LogP contribution is -2.48. The molecule has 32 heavy (non-hydrogen) atoms. The van der Waals surface area contributed by atoms with E-state index in [9.17, 15) is 18.4 Å². The fourth-order valence-electron chi connectivity index (χ4n) is 3.40. The minimum atomic E-state index is -0.779. The van der Waals surface area contributed by atoms with Crippen molar-refractivity contribution in [3.8, 4) is 16.9 Å². The molecule has 9 heteroatoms. The third-order valence-electron chi connectivity index (χ3n) is 5.07. The molecule has 1 aliphatic heterocycles. The van der Waals surface area contributed by atoms with Gasteiger partial charge in [-0.2, -0.15) is 0 Å². The third-order valence-corrected chi connectivity index (χ3v) is 5.07. The van der Waals surface area contributed by atoms with E-state index >= 15 is 0 Å². The number of aromatic nitrogens is 1. The Balaban J connectivity index is 1.47. The van der Waals surface area contributed by atoms with E-state index in [4.69, 9.17) is 4.74 Å². The molecular weight excluding hydrogens is 418 g/mol. The van der Waals surface area contributed by atoms with Gasteiger partial charge in [0, 0.05) is 24.7 Å². The highest BCUT2D eigenvalue weighted by Crippen LogP contribution is 2.28. The summed E-state index contributed by atoms with van der Waals surface area (Å²) in [7, 11) is 1.43. The minimum Gasteiger partial charge on any atom is -0.497 e. The van der Waals surface area contributed by atoms with E-state index in [1.807, 2.05) is 4.90 Å². The standard InChI is InChI=1S/C23H20F2N4O3/c1-32-16-4-6-17(20(25)11-16)14-2-5-18(19(24)10-14)23(31)28-15-3-7-21(27-12-15)29-9-8-26-22(30)13-29/h2-7,10-12H,8-9,13H2,1H3,(H,26,30)(H,28,31). The van der Waals surface area contributed by atoms with Crippen molar-refractivity contribution in [3.05, 3.63) is 71.9 Å². The normalized spacial score (nSPS) is 13.5. The highest BCUT2D eigenvalue weighted by atomic mass is 19.1. The molecule has 4 rings (SSSR count). The Hall–Kier alpha value is -4.01. The van der Waals surface area contributed by atoms with Gasteiger partial charge in [0.05, 0.1) is 31.1 Å². The number of methoxy groups -OCH3 is 1. The first-order valence-electron chi connectivity index (χ1n) is 9.87. The molecule has 2 heterocycles. The van der Waals surface area contributed by atoms with E-state index in [0.717, 1.165) is 6.07 Å². The molecule has 1 saturated heterocycles. The minimum absolute atomic E-state index is 0.0797. The molecule has 0 spiro atoms. The van der Waals surface area contributed by atoms with Gasteiger partial charge in [-0.3, -0.25) is 9.59 Å². The smallest absolute Gasteiger partial charge is 0.258 e. The first-order valence-corrected chi connectivity index (χ1v) is 9.87. The fourth-order valence-corrected chi connectivity index (χ4v) is 3.40. The Kier molecular flexibility index (Phi) is 5.98. The lowest BCUT2D eigenvalue weighted by molar-refractivity contribution is -0.120. The number of hydrogen-bond acceptors (Lipinski definition) is 5. The van der Waals surface area contributed by atoms with E-state index < -0.39 is 17.5 Å². The van der Waals surface area contributed by atoms with Crippen molar-refractivity contribution in [2.45, 2.75) is 0 Å². The van der Waals surface area contributed by atoms with Crippen LogP contribution in [0.1, 0.15) is 10.4 Å². The van der Waals surface area contributed by atoms with Crippen LogP contribution in [0, 0.1) is 11.6 Å². The van der Waals surface area contributed by atoms with Gasteiger partial charge < -0.3 is 20.3 Å². The van der Waals surface area contributed by atoms with Crippen molar-refractivity contribution in [2.24, 2.45) is 0 Å². The number of carbonyl (C=O) groups is 2. The predicted molar refractivity (Wildman–Crippen MR) is 116 cm³/mol. The molecule has 0 unspecified atom stereocenters. The number of anilines is 2. The van der Waals surface area contributed by atoms with Crippen LogP contribution in [0.15, 0.2) is 54.7 Å². The molecule has 0 atom stereocenters. The molecule has 2 aromatic carbocycles. The van der Waals surface area contributed by atoms with Crippen LogP contribution in [0.25, 0.3) is 11.1 Å². The van der Waals surface area contributed by atoms with E-state index in [2.05, 4.69) is 15.6 Å². The third kappa shape index (κ3) is 4.51. The zero-order valence-corrected chi connectivity index (χ0v) is 17.2. The number of carbonyl (C=O) groups excluding carboxylic acids is 2. The van der Waals surface area contributed by atoms with E-state index in [0.29, 0.717) is 35.9 Å². The first kappa shape index (κ1) is 21.2. The lowest BCUT2D eigenvalue weighted by Gasteiger charge is -2.27. The molecule has 0 aliphatic carbocycles. The van der Waals surface area contributed by atoms with Crippen LogP contribution in [0.4, 0.5) is 20.3 Å². The Bertz CT molecular complexity index is 1170. The van der Waals surface area contributed by atoms with Crippen molar-refractivity contribution >= 4 is 23.3 Å². The molecule has 7 nitrogen and oxygen atoms in total. The number of pyridine rings is 1. The number of nitrogens with zero attached hydrogens (tertiary/aromatic N) is 2. The molecule has 3 aromatic rings. The quantitative estimate of drug-likeness (QED) is 0.639. The van der Waals surface area contributed by atoms with Crippen molar-refractivity contribution in [1.29, 1.82) is 0 Å². The van der Waals surface area contributed by atoms with E-state index in [1.165, 1.54) is 37.6 Å². The second-order valence-electron chi connectivity index (χ2n) is 7.17. The molecule has 0 bridgehead atoms. The molecule has 1 aromatic heterocycles. The number of ether oxygens (including phenoxy) is 1. The van der Waals surface area contributed by atoms with Gasteiger partial charge in [-0.1, -0.05) is 6.07 Å². The topological polar surface area (TPSA) is 83.6 Å². The second-order valence-corrected chi connectivity index (χ2v) is 7.17. The fraction of sp³-hybridized carbons (Fsp3) is 0.174. The van der Waals surface area contributed by atoms with Gasteiger partial charge in [0.25, 0.3) is 5.91 Å². The number of amides is 2. The molecule has 1 fully saturated rings. The summed E-state index contributed by atoms with van der Waals surface area (Å²) in [6.45, 7) is 1.39. The second kappa shape index (κ2) is 9.01. The molecule has 0 radical (unpaired) electrons. The number of benzene rings is 2. The van der Waals surface area contributed by atoms with Gasteiger partial charge in [0.1, 0.15) is 23.2 Å². The molecule has 1 aliphatic rings. The largest absolute Gasteiger partial charge is 0.497 e. The number of rotatable bonds is 5. The maximum absolute atomic E-state index is 14.6. The summed E-state index contributed by atoms with van der Waals surface area (Å²) in [5.41, 5.74) is 0.697. The summed E-state index contributed by atoms with van der Waals surface area (Å²) in [5.74, 6) is -1.11. The van der Waals surface area contributed by atoms with E-state index in [1.54, 1.807) is 18.2 Å². The summed E-state index contributed by atoms with van der Waals surface area (Å²) in [5, 5.41) is 5.33. The van der Waals surface area contributed by atoms with Crippen LogP contribution in [0.3, 0.4) is 0 Å². The predicted octanol–water partition coefficient (Wildman–Crippen LogP) is 3.22. The number of nitrogens with one attached hydrogen (secondary N) is 2. The molecule has 2 N–H and O–H groups in total. The SMILES string of the molecule is COc1ccc(-c2ccc(C(=O)Nc3ccc(N4CCNC(=O)C4)nc3)c(F)c2)c(F)c1. The summed E-state index contributed by atoms with van der Waals surface area (Å²) in [6, 6.07) is 11.5. The van der Waals surface area contributed by atoms with Crippen LogP contribution in [0.2, 0.25) is 0 Å². The zero-order valence-electron chi connectivity index (χ0n) is 17.2. The van der Waals surface area contributed by atoms with Gasteiger partial charge in [-0.25, -0.2) is 13.8 Å². The highest BCUT2D eigenvalue weighted by Gasteiger charge is 2.18. The monoisotopic (exact) mass is 438 g/mol. The van der Waals surface area contributed by atoms with Gasteiger partial charge in [0.15, 0.2) is 0 Å². The Morgan fingerprint density at radius 3 is 2.62 bits per heavy atom. The summed E-state index contributed by atoms with van der Waals surface area (Å²) >= 11 is 0. The average Bonchev–Trinajstić information content (AvgIpc) is 2.79. The van der Waals surface area contributed by atoms with Crippen molar-refractivity contribution in [2.75, 3.05) is 37.0 Å². The summed E-state index contributed by atoms with van der Waals surface area (Å²) in [6.07, 6.45) is 1.44. The van der Waals surface area contributed by atoms with Crippen molar-refractivity contribution < 1.29 is 23.1 Å². The summed E-state index contributed by atoms with van der Waals surface area (Å²) in [4.78, 5) is 30.1. The van der Waals surface area contributed by atoms with Crippen molar-refractivity contribution in [1.82, 2.24) is 10.3 Å². The van der Waals surface area contributed by atoms with Gasteiger partial charge >= 0.3 is 0 Å². The molecule has 2 amide bonds. The van der Waals surface area contributed by atoms with Gasteiger partial charge in [-0.15, -0.1) is 0 Å². The van der Waals surface area contributed by atoms with E-state index in [-0.39, 0.29) is 23.6 Å². The van der Waals surface area contributed by atoms with Gasteiger partial charge in [0.2, 0.25) is 5.91 Å². The lowest BCUT2D eigenvalue weighted by atomic mass is 10.0. The van der Waals surface area contributed by atoms with Gasteiger partial charge in [-0.05, 0) is 42.0 Å². The Labute approximate surface area is 183 Å². The number of hydrogen-bond donors (Lipinski definition) is 2. The summed E-state index contributed by atoms with van der Waals surface area (Å²) < 4.78 is 33.9. The Morgan fingerprint density at radius 2 is 1.97 bits per heavy atom.